The van der Waals surface area contributed by atoms with E-state index in [0.717, 1.165) is 0 Å². The lowest BCUT2D eigenvalue weighted by atomic mass is 9.79. The fraction of sp³-hybridized carbons (Fsp3) is 0.727. The van der Waals surface area contributed by atoms with Crippen LogP contribution in [0.3, 0.4) is 0 Å². The molecule has 62 valence electrons. The quantitative estimate of drug-likeness (QED) is 0.492. The summed E-state index contributed by atoms with van der Waals surface area (Å²) < 4.78 is 0. The molecule has 0 spiro atoms. The van der Waals surface area contributed by atoms with E-state index in [0.29, 0.717) is 29.5 Å². The summed E-state index contributed by atoms with van der Waals surface area (Å²) in [6.45, 7) is 8.58. The van der Waals surface area contributed by atoms with Gasteiger partial charge in [-0.15, -0.1) is 0 Å². The van der Waals surface area contributed by atoms with E-state index in [9.17, 15) is 4.79 Å². The molecule has 0 aliphatic heterocycles. The molecule has 4 fully saturated rings. The Morgan fingerprint density at radius 2 is 1.75 bits per heavy atom. The van der Waals surface area contributed by atoms with E-state index in [2.05, 4.69) is 20.4 Å². The Morgan fingerprint density at radius 1 is 1.17 bits per heavy atom. The van der Waals surface area contributed by atoms with Crippen molar-refractivity contribution >= 4 is 5.78 Å². The molecule has 0 bridgehead atoms. The van der Waals surface area contributed by atoms with Crippen LogP contribution in [0.5, 0.6) is 0 Å². The monoisotopic (exact) mass is 160 g/mol. The molecule has 4 aliphatic rings. The number of allylic oxidation sites excluding steroid dienone is 1. The third kappa shape index (κ3) is 0.252. The van der Waals surface area contributed by atoms with Crippen molar-refractivity contribution in [3.05, 3.63) is 12.2 Å². The average molecular weight is 160 g/mol. The van der Waals surface area contributed by atoms with Crippen LogP contribution in [0.2, 0.25) is 0 Å². The molecular weight excluding hydrogens is 148 g/mol. The molecule has 0 heterocycles. The Hall–Kier alpha value is -0.590. The molecular formula is C11H12O. The normalized spacial score (nSPS) is 74.8. The minimum Gasteiger partial charge on any atom is -0.299 e. The van der Waals surface area contributed by atoms with Gasteiger partial charge < -0.3 is 0 Å². The van der Waals surface area contributed by atoms with E-state index in [4.69, 9.17) is 0 Å². The fourth-order valence-corrected chi connectivity index (χ4v) is 4.67. The molecule has 2 unspecified atom stereocenters. The lowest BCUT2D eigenvalue weighted by Gasteiger charge is -2.24. The first-order chi connectivity index (χ1) is 5.55. The number of fused-ring (bicyclic) bond motifs is 2. The molecule has 4 rings (SSSR count). The van der Waals surface area contributed by atoms with E-state index in [1.807, 2.05) is 0 Å². The van der Waals surface area contributed by atoms with Crippen molar-refractivity contribution in [2.75, 3.05) is 0 Å². The summed E-state index contributed by atoms with van der Waals surface area (Å²) in [5.41, 5.74) is 1.75. The Kier molecular flexibility index (Phi) is 0.529. The predicted octanol–water partition coefficient (Wildman–Crippen LogP) is 1.64. The number of carbonyl (C=O) groups excluding carboxylic acids is 1. The molecule has 0 N–H and O–H groups in total. The third-order valence-corrected chi connectivity index (χ3v) is 5.44. The van der Waals surface area contributed by atoms with E-state index in [1.165, 1.54) is 5.57 Å². The van der Waals surface area contributed by atoms with Gasteiger partial charge in [0.2, 0.25) is 0 Å². The molecule has 0 radical (unpaired) electrons. The van der Waals surface area contributed by atoms with Gasteiger partial charge in [0.1, 0.15) is 5.78 Å². The molecule has 4 aliphatic carbocycles. The minimum atomic E-state index is 0.0736. The Labute approximate surface area is 71.8 Å². The number of hydrogen-bond acceptors (Lipinski definition) is 1. The molecule has 0 saturated heterocycles. The van der Waals surface area contributed by atoms with Gasteiger partial charge in [-0.25, -0.2) is 0 Å². The summed E-state index contributed by atoms with van der Waals surface area (Å²) in [7, 11) is 0. The van der Waals surface area contributed by atoms with Crippen LogP contribution in [0.15, 0.2) is 12.2 Å². The first-order valence-electron chi connectivity index (χ1n) is 4.79. The summed E-state index contributed by atoms with van der Waals surface area (Å²) in [4.78, 5) is 11.9. The fourth-order valence-electron chi connectivity index (χ4n) is 4.67. The van der Waals surface area contributed by atoms with Gasteiger partial charge in [0.05, 0.1) is 0 Å². The SMILES string of the molecule is C=C1[C@H]2[C@H]3[C@@H]4C(C(=O)C32C)[C@]14C. The molecule has 1 heteroatoms. The lowest BCUT2D eigenvalue weighted by Crippen LogP contribution is -2.27. The second-order valence-corrected chi connectivity index (χ2v) is 5.46. The van der Waals surface area contributed by atoms with Gasteiger partial charge >= 0.3 is 0 Å². The van der Waals surface area contributed by atoms with E-state index < -0.39 is 0 Å². The van der Waals surface area contributed by atoms with Gasteiger partial charge in [0.15, 0.2) is 0 Å². The van der Waals surface area contributed by atoms with Crippen LogP contribution in [0.25, 0.3) is 0 Å². The third-order valence-electron chi connectivity index (χ3n) is 5.44. The number of hydrogen-bond donors (Lipinski definition) is 0. The van der Waals surface area contributed by atoms with Crippen LogP contribution in [-0.4, -0.2) is 5.78 Å². The van der Waals surface area contributed by atoms with Crippen molar-refractivity contribution in [2.45, 2.75) is 13.8 Å². The number of rotatable bonds is 0. The maximum absolute atomic E-state index is 11.9. The van der Waals surface area contributed by atoms with E-state index in [1.54, 1.807) is 0 Å². The maximum atomic E-state index is 11.9. The van der Waals surface area contributed by atoms with Crippen LogP contribution < -0.4 is 0 Å². The van der Waals surface area contributed by atoms with Crippen LogP contribution >= 0.6 is 0 Å². The van der Waals surface area contributed by atoms with Crippen molar-refractivity contribution in [3.63, 3.8) is 0 Å². The van der Waals surface area contributed by atoms with Crippen LogP contribution in [0.1, 0.15) is 13.8 Å². The Morgan fingerprint density at radius 3 is 2.17 bits per heavy atom. The average Bonchev–Trinajstić information content (AvgIpc) is 2.75. The van der Waals surface area contributed by atoms with Gasteiger partial charge in [-0.05, 0) is 17.8 Å². The van der Waals surface area contributed by atoms with E-state index in [-0.39, 0.29) is 10.8 Å². The second kappa shape index (κ2) is 1.07. The van der Waals surface area contributed by atoms with Gasteiger partial charge in [0.25, 0.3) is 0 Å². The lowest BCUT2D eigenvalue weighted by molar-refractivity contribution is -0.126. The number of Topliss-reactive ketones (excluding diaryl/α,β-unsaturated/α-hetero) is 1. The first-order valence-corrected chi connectivity index (χ1v) is 4.79. The predicted molar refractivity (Wildman–Crippen MR) is 44.3 cm³/mol. The van der Waals surface area contributed by atoms with E-state index >= 15 is 0 Å². The molecule has 6 atom stereocenters. The molecule has 0 amide bonds. The number of carbonyl (C=O) groups is 1. The zero-order valence-corrected chi connectivity index (χ0v) is 7.42. The topological polar surface area (TPSA) is 17.1 Å². The molecule has 12 heavy (non-hydrogen) atoms. The summed E-state index contributed by atoms with van der Waals surface area (Å²) >= 11 is 0. The molecule has 0 aromatic carbocycles. The highest BCUT2D eigenvalue weighted by Crippen LogP contribution is 2.94. The highest BCUT2D eigenvalue weighted by Gasteiger charge is 2.95. The van der Waals surface area contributed by atoms with Crippen LogP contribution in [0.4, 0.5) is 0 Å². The maximum Gasteiger partial charge on any atom is 0.143 e. The highest BCUT2D eigenvalue weighted by molar-refractivity contribution is 6.02. The number of ketones is 1. The van der Waals surface area contributed by atoms with Crippen molar-refractivity contribution < 1.29 is 4.79 Å². The Balaban J connectivity index is 2.04. The Bertz CT molecular complexity index is 333. The second-order valence-electron chi connectivity index (χ2n) is 5.46. The summed E-state index contributed by atoms with van der Waals surface area (Å²) in [6.07, 6.45) is 0. The van der Waals surface area contributed by atoms with Gasteiger partial charge in [0, 0.05) is 16.7 Å². The van der Waals surface area contributed by atoms with Crippen molar-refractivity contribution in [1.82, 2.24) is 0 Å². The smallest absolute Gasteiger partial charge is 0.143 e. The molecule has 1 nitrogen and oxygen atoms in total. The van der Waals surface area contributed by atoms with Crippen molar-refractivity contribution in [2.24, 2.45) is 34.5 Å². The molecule has 4 saturated carbocycles. The first kappa shape index (κ1) is 5.95. The molecule has 0 aromatic rings. The summed E-state index contributed by atoms with van der Waals surface area (Å²) in [5, 5.41) is 0. The van der Waals surface area contributed by atoms with Gasteiger partial charge in [-0.2, -0.15) is 0 Å². The van der Waals surface area contributed by atoms with Crippen molar-refractivity contribution in [1.29, 1.82) is 0 Å². The van der Waals surface area contributed by atoms with Gasteiger partial charge in [-0.1, -0.05) is 26.0 Å². The zero-order chi connectivity index (χ0) is 8.46. The zero-order valence-electron chi connectivity index (χ0n) is 7.42. The van der Waals surface area contributed by atoms with Crippen molar-refractivity contribution in [3.8, 4) is 0 Å². The van der Waals surface area contributed by atoms with Crippen LogP contribution in [-0.2, 0) is 4.79 Å². The standard InChI is InChI=1S/C11H12O/c1-4-5-6-7-8(10(4,7)2)9(12)11(5,6)3/h5-8H,1H2,2-3H3/t5-,6-,7+,8?,10+,11?/m0/s1. The summed E-state index contributed by atoms with van der Waals surface area (Å²) in [6, 6.07) is 0. The minimum absolute atomic E-state index is 0.0736. The van der Waals surface area contributed by atoms with Gasteiger partial charge in [-0.3, -0.25) is 4.79 Å². The van der Waals surface area contributed by atoms with Crippen LogP contribution in [0, 0.1) is 34.5 Å². The molecule has 0 aromatic heterocycles. The highest BCUT2D eigenvalue weighted by atomic mass is 16.1. The largest absolute Gasteiger partial charge is 0.299 e. The summed E-state index contributed by atoms with van der Waals surface area (Å²) in [5.74, 6) is 2.98.